The van der Waals surface area contributed by atoms with Gasteiger partial charge in [0.05, 0.1) is 23.9 Å². The van der Waals surface area contributed by atoms with Crippen molar-refractivity contribution in [2.45, 2.75) is 18.5 Å². The van der Waals surface area contributed by atoms with Crippen molar-refractivity contribution < 1.29 is 17.6 Å². The van der Waals surface area contributed by atoms with Crippen LogP contribution in [0.15, 0.2) is 47.6 Å². The van der Waals surface area contributed by atoms with Gasteiger partial charge in [0.1, 0.15) is 11.0 Å². The summed E-state index contributed by atoms with van der Waals surface area (Å²) in [6, 6.07) is 9.80. The Labute approximate surface area is 160 Å². The SMILES string of the molecule is CC(=O)N(Cc1ccc2ccc(Cl)nc2c1)c1cc(F)cnc1S(C)(=O)=O. The Morgan fingerprint density at radius 3 is 2.59 bits per heavy atom. The molecule has 0 spiro atoms. The van der Waals surface area contributed by atoms with Gasteiger partial charge in [0.2, 0.25) is 5.91 Å². The first kappa shape index (κ1) is 19.2. The summed E-state index contributed by atoms with van der Waals surface area (Å²) < 4.78 is 37.7. The number of halogens is 2. The third kappa shape index (κ3) is 4.23. The van der Waals surface area contributed by atoms with Crippen molar-refractivity contribution >= 4 is 43.9 Å². The fourth-order valence-electron chi connectivity index (χ4n) is 2.68. The monoisotopic (exact) mass is 407 g/mol. The molecule has 0 aliphatic rings. The van der Waals surface area contributed by atoms with E-state index in [2.05, 4.69) is 9.97 Å². The van der Waals surface area contributed by atoms with Crippen LogP contribution in [-0.4, -0.2) is 30.5 Å². The fraction of sp³-hybridized carbons (Fsp3) is 0.167. The van der Waals surface area contributed by atoms with Crippen LogP contribution in [0.4, 0.5) is 10.1 Å². The maximum Gasteiger partial charge on any atom is 0.224 e. The number of rotatable bonds is 4. The Morgan fingerprint density at radius 1 is 1.22 bits per heavy atom. The normalized spacial score (nSPS) is 11.6. The molecule has 0 aliphatic heterocycles. The molecular formula is C18H15ClFN3O3S. The predicted octanol–water partition coefficient (Wildman–Crippen LogP) is 3.38. The number of pyridine rings is 2. The van der Waals surface area contributed by atoms with Crippen LogP contribution in [0.25, 0.3) is 10.9 Å². The van der Waals surface area contributed by atoms with Crippen molar-refractivity contribution in [2.24, 2.45) is 0 Å². The lowest BCUT2D eigenvalue weighted by atomic mass is 10.1. The van der Waals surface area contributed by atoms with Gasteiger partial charge in [0.25, 0.3) is 0 Å². The van der Waals surface area contributed by atoms with Crippen LogP contribution in [0, 0.1) is 5.82 Å². The van der Waals surface area contributed by atoms with Crippen molar-refractivity contribution in [2.75, 3.05) is 11.2 Å². The first-order valence-corrected chi connectivity index (χ1v) is 10.1. The number of amides is 1. The minimum absolute atomic E-state index is 0.0210. The van der Waals surface area contributed by atoms with Gasteiger partial charge in [0.15, 0.2) is 14.9 Å². The maximum atomic E-state index is 13.7. The molecule has 2 aromatic heterocycles. The number of anilines is 1. The van der Waals surface area contributed by atoms with Crippen LogP contribution in [0.3, 0.4) is 0 Å². The second-order valence-electron chi connectivity index (χ2n) is 6.02. The molecular weight excluding hydrogens is 393 g/mol. The molecule has 1 amide bonds. The third-order valence-electron chi connectivity index (χ3n) is 3.88. The van der Waals surface area contributed by atoms with E-state index in [4.69, 9.17) is 11.6 Å². The molecule has 0 atom stereocenters. The Balaban J connectivity index is 2.08. The largest absolute Gasteiger partial charge is 0.305 e. The van der Waals surface area contributed by atoms with Crippen LogP contribution in [0.2, 0.25) is 5.15 Å². The summed E-state index contributed by atoms with van der Waals surface area (Å²) in [6.07, 6.45) is 1.76. The zero-order valence-corrected chi connectivity index (χ0v) is 16.1. The number of carbonyl (C=O) groups excluding carboxylic acids is 1. The zero-order valence-electron chi connectivity index (χ0n) is 14.5. The molecule has 0 radical (unpaired) electrons. The van der Waals surface area contributed by atoms with Gasteiger partial charge in [0, 0.05) is 24.6 Å². The first-order valence-electron chi connectivity index (χ1n) is 7.84. The summed E-state index contributed by atoms with van der Waals surface area (Å²) in [5.74, 6) is -1.19. The van der Waals surface area contributed by atoms with E-state index in [1.165, 1.54) is 6.92 Å². The van der Waals surface area contributed by atoms with Crippen LogP contribution in [0.5, 0.6) is 0 Å². The molecule has 0 unspecified atom stereocenters. The smallest absolute Gasteiger partial charge is 0.224 e. The summed E-state index contributed by atoms with van der Waals surface area (Å²) >= 11 is 5.92. The highest BCUT2D eigenvalue weighted by Gasteiger charge is 2.23. The summed E-state index contributed by atoms with van der Waals surface area (Å²) in [5.41, 5.74) is 1.20. The second kappa shape index (κ2) is 7.21. The second-order valence-corrected chi connectivity index (χ2v) is 8.33. The predicted molar refractivity (Wildman–Crippen MR) is 101 cm³/mol. The highest BCUT2D eigenvalue weighted by Crippen LogP contribution is 2.27. The molecule has 140 valence electrons. The molecule has 3 aromatic rings. The van der Waals surface area contributed by atoms with Crippen LogP contribution in [0.1, 0.15) is 12.5 Å². The number of fused-ring (bicyclic) bond motifs is 1. The van der Waals surface area contributed by atoms with Gasteiger partial charge in [-0.25, -0.2) is 22.8 Å². The average Bonchev–Trinajstić information content (AvgIpc) is 2.57. The summed E-state index contributed by atoms with van der Waals surface area (Å²) in [5, 5.41) is 0.833. The van der Waals surface area contributed by atoms with E-state index in [0.29, 0.717) is 16.2 Å². The number of carbonyl (C=O) groups is 1. The van der Waals surface area contributed by atoms with Crippen molar-refractivity contribution in [3.8, 4) is 0 Å². The Bertz CT molecular complexity index is 1150. The number of hydrogen-bond donors (Lipinski definition) is 0. The summed E-state index contributed by atoms with van der Waals surface area (Å²) in [4.78, 5) is 21.3. The number of hydrogen-bond acceptors (Lipinski definition) is 5. The van der Waals surface area contributed by atoms with Crippen molar-refractivity contribution in [1.82, 2.24) is 9.97 Å². The average molecular weight is 408 g/mol. The van der Waals surface area contributed by atoms with Gasteiger partial charge in [-0.05, 0) is 23.8 Å². The van der Waals surface area contributed by atoms with Gasteiger partial charge < -0.3 is 4.90 Å². The van der Waals surface area contributed by atoms with Crippen LogP contribution in [-0.2, 0) is 21.2 Å². The van der Waals surface area contributed by atoms with Crippen molar-refractivity contribution in [3.63, 3.8) is 0 Å². The highest BCUT2D eigenvalue weighted by molar-refractivity contribution is 7.90. The maximum absolute atomic E-state index is 13.7. The minimum Gasteiger partial charge on any atom is -0.305 e. The van der Waals surface area contributed by atoms with Gasteiger partial charge >= 0.3 is 0 Å². The minimum atomic E-state index is -3.76. The Hall–Kier alpha value is -2.58. The molecule has 1 aromatic carbocycles. The molecule has 0 saturated carbocycles. The molecule has 2 heterocycles. The number of sulfone groups is 1. The van der Waals surface area contributed by atoms with E-state index in [1.807, 2.05) is 12.1 Å². The van der Waals surface area contributed by atoms with Gasteiger partial charge in [-0.1, -0.05) is 23.7 Å². The lowest BCUT2D eigenvalue weighted by molar-refractivity contribution is -0.116. The molecule has 27 heavy (non-hydrogen) atoms. The number of nitrogens with zero attached hydrogens (tertiary/aromatic N) is 3. The summed E-state index contributed by atoms with van der Waals surface area (Å²) in [7, 11) is -3.76. The highest BCUT2D eigenvalue weighted by atomic mass is 35.5. The van der Waals surface area contributed by atoms with E-state index in [0.717, 1.165) is 28.8 Å². The van der Waals surface area contributed by atoms with E-state index in [1.54, 1.807) is 18.2 Å². The van der Waals surface area contributed by atoms with Crippen molar-refractivity contribution in [1.29, 1.82) is 0 Å². The molecule has 3 rings (SSSR count). The number of benzene rings is 1. The van der Waals surface area contributed by atoms with Gasteiger partial charge in [-0.15, -0.1) is 0 Å². The van der Waals surface area contributed by atoms with Crippen LogP contribution >= 0.6 is 11.6 Å². The summed E-state index contributed by atoms with van der Waals surface area (Å²) in [6.45, 7) is 1.29. The molecule has 9 heteroatoms. The fourth-order valence-corrected chi connectivity index (χ4v) is 3.63. The standard InChI is InChI=1S/C18H15ClFN3O3S/c1-11(24)23(16-8-14(20)9-21-18(16)27(2,25)26)10-12-3-4-13-5-6-17(19)22-15(13)7-12/h3-9H,10H2,1-2H3. The molecule has 0 fully saturated rings. The Morgan fingerprint density at radius 2 is 1.93 bits per heavy atom. The van der Waals surface area contributed by atoms with E-state index < -0.39 is 21.6 Å². The third-order valence-corrected chi connectivity index (χ3v) is 5.11. The lowest BCUT2D eigenvalue weighted by Crippen LogP contribution is -2.29. The van der Waals surface area contributed by atoms with E-state index in [9.17, 15) is 17.6 Å². The van der Waals surface area contributed by atoms with E-state index in [-0.39, 0.29) is 17.3 Å². The quantitative estimate of drug-likeness (QED) is 0.619. The molecule has 0 bridgehead atoms. The van der Waals surface area contributed by atoms with Gasteiger partial charge in [-0.2, -0.15) is 0 Å². The first-order chi connectivity index (χ1) is 12.6. The molecule has 0 saturated heterocycles. The Kier molecular flexibility index (Phi) is 5.12. The van der Waals surface area contributed by atoms with Crippen LogP contribution < -0.4 is 4.90 Å². The zero-order chi connectivity index (χ0) is 19.8. The van der Waals surface area contributed by atoms with Gasteiger partial charge in [-0.3, -0.25) is 4.79 Å². The molecule has 0 N–H and O–H groups in total. The van der Waals surface area contributed by atoms with E-state index >= 15 is 0 Å². The van der Waals surface area contributed by atoms with Crippen molar-refractivity contribution in [3.05, 3.63) is 59.1 Å². The topological polar surface area (TPSA) is 80.2 Å². The molecule has 6 nitrogen and oxygen atoms in total. The lowest BCUT2D eigenvalue weighted by Gasteiger charge is -2.23. The molecule has 0 aliphatic carbocycles. The number of aromatic nitrogens is 2.